The molecular formula is C19H22N4OS. The first-order chi connectivity index (χ1) is 12.0. The Labute approximate surface area is 151 Å². The third-order valence-electron chi connectivity index (χ3n) is 4.02. The van der Waals surface area contributed by atoms with Crippen molar-refractivity contribution in [2.24, 2.45) is 0 Å². The van der Waals surface area contributed by atoms with Gasteiger partial charge in [-0.15, -0.1) is 11.3 Å². The second-order valence-corrected chi connectivity index (χ2v) is 7.13. The SMILES string of the molecule is Cc1ccc(-c2nc(C)c(C(=O)NCCCn3cccn3)s2)c(C)c1. The van der Waals surface area contributed by atoms with Gasteiger partial charge < -0.3 is 5.32 Å². The average Bonchev–Trinajstić information content (AvgIpc) is 3.21. The van der Waals surface area contributed by atoms with Gasteiger partial charge in [0, 0.05) is 31.0 Å². The summed E-state index contributed by atoms with van der Waals surface area (Å²) < 4.78 is 1.86. The molecule has 0 fully saturated rings. The van der Waals surface area contributed by atoms with Gasteiger partial charge in [-0.1, -0.05) is 23.8 Å². The first kappa shape index (κ1) is 17.4. The lowest BCUT2D eigenvalue weighted by atomic mass is 10.1. The standard InChI is InChI=1S/C19H22N4OS/c1-13-6-7-16(14(2)12-13)19-22-15(3)17(25-19)18(24)20-8-4-10-23-11-5-9-21-23/h5-7,9,11-12H,4,8,10H2,1-3H3,(H,20,24). The van der Waals surface area contributed by atoms with E-state index in [1.165, 1.54) is 22.5 Å². The van der Waals surface area contributed by atoms with Gasteiger partial charge in [0.1, 0.15) is 9.88 Å². The second kappa shape index (κ2) is 7.61. The van der Waals surface area contributed by atoms with Gasteiger partial charge in [-0.05, 0) is 38.8 Å². The summed E-state index contributed by atoms with van der Waals surface area (Å²) in [4.78, 5) is 17.7. The minimum atomic E-state index is -0.0496. The van der Waals surface area contributed by atoms with Gasteiger partial charge in [0.05, 0.1) is 5.69 Å². The molecule has 1 aromatic carbocycles. The van der Waals surface area contributed by atoms with Crippen LogP contribution < -0.4 is 5.32 Å². The molecule has 1 N–H and O–H groups in total. The first-order valence-corrected chi connectivity index (χ1v) is 9.17. The molecule has 3 rings (SSSR count). The molecule has 1 amide bonds. The Morgan fingerprint density at radius 1 is 1.28 bits per heavy atom. The molecule has 130 valence electrons. The molecule has 0 saturated heterocycles. The maximum absolute atomic E-state index is 12.4. The number of thiazole rings is 1. The van der Waals surface area contributed by atoms with Crippen LogP contribution in [0.15, 0.2) is 36.7 Å². The molecule has 25 heavy (non-hydrogen) atoms. The van der Waals surface area contributed by atoms with Crippen LogP contribution in [-0.2, 0) is 6.54 Å². The highest BCUT2D eigenvalue weighted by Crippen LogP contribution is 2.30. The minimum Gasteiger partial charge on any atom is -0.351 e. The molecule has 2 heterocycles. The molecule has 0 atom stereocenters. The number of hydrogen-bond acceptors (Lipinski definition) is 4. The van der Waals surface area contributed by atoms with Gasteiger partial charge in [0.25, 0.3) is 5.91 Å². The predicted octanol–water partition coefficient (Wildman–Crippen LogP) is 3.75. The summed E-state index contributed by atoms with van der Waals surface area (Å²) in [6.45, 7) is 7.46. The van der Waals surface area contributed by atoms with Crippen molar-refractivity contribution in [1.82, 2.24) is 20.1 Å². The fourth-order valence-electron chi connectivity index (χ4n) is 2.73. The topological polar surface area (TPSA) is 59.8 Å². The van der Waals surface area contributed by atoms with Crippen molar-refractivity contribution >= 4 is 17.2 Å². The smallest absolute Gasteiger partial charge is 0.263 e. The third kappa shape index (κ3) is 4.14. The summed E-state index contributed by atoms with van der Waals surface area (Å²) in [5.74, 6) is -0.0496. The molecule has 0 unspecified atom stereocenters. The summed E-state index contributed by atoms with van der Waals surface area (Å²) in [7, 11) is 0. The van der Waals surface area contributed by atoms with E-state index in [2.05, 4.69) is 47.4 Å². The van der Waals surface area contributed by atoms with Gasteiger partial charge in [-0.2, -0.15) is 5.10 Å². The third-order valence-corrected chi connectivity index (χ3v) is 5.21. The van der Waals surface area contributed by atoms with Gasteiger partial charge in [0.2, 0.25) is 0 Å². The van der Waals surface area contributed by atoms with E-state index >= 15 is 0 Å². The Morgan fingerprint density at radius 3 is 2.84 bits per heavy atom. The number of hydrogen-bond donors (Lipinski definition) is 1. The van der Waals surface area contributed by atoms with E-state index < -0.39 is 0 Å². The maximum Gasteiger partial charge on any atom is 0.263 e. The van der Waals surface area contributed by atoms with Crippen molar-refractivity contribution < 1.29 is 4.79 Å². The maximum atomic E-state index is 12.4. The van der Waals surface area contributed by atoms with E-state index in [0.29, 0.717) is 11.4 Å². The molecule has 0 aliphatic rings. The summed E-state index contributed by atoms with van der Waals surface area (Å²) in [5.41, 5.74) is 4.28. The highest BCUT2D eigenvalue weighted by molar-refractivity contribution is 7.17. The van der Waals surface area contributed by atoms with Crippen LogP contribution in [0.4, 0.5) is 0 Å². The normalized spacial score (nSPS) is 10.8. The van der Waals surface area contributed by atoms with E-state index in [1.54, 1.807) is 6.20 Å². The van der Waals surface area contributed by atoms with E-state index in [1.807, 2.05) is 23.9 Å². The van der Waals surface area contributed by atoms with Crippen LogP contribution in [0.1, 0.15) is 32.9 Å². The fraction of sp³-hybridized carbons (Fsp3) is 0.316. The van der Waals surface area contributed by atoms with Crippen molar-refractivity contribution in [3.63, 3.8) is 0 Å². The predicted molar refractivity (Wildman–Crippen MR) is 101 cm³/mol. The highest BCUT2D eigenvalue weighted by atomic mass is 32.1. The first-order valence-electron chi connectivity index (χ1n) is 8.35. The Bertz CT molecular complexity index is 868. The van der Waals surface area contributed by atoms with Crippen molar-refractivity contribution in [3.05, 3.63) is 58.4 Å². The molecule has 2 aromatic heterocycles. The van der Waals surface area contributed by atoms with Crippen LogP contribution in [0, 0.1) is 20.8 Å². The lowest BCUT2D eigenvalue weighted by Gasteiger charge is -2.04. The monoisotopic (exact) mass is 354 g/mol. The van der Waals surface area contributed by atoms with Crippen molar-refractivity contribution in [2.75, 3.05) is 6.54 Å². The van der Waals surface area contributed by atoms with Crippen LogP contribution >= 0.6 is 11.3 Å². The lowest BCUT2D eigenvalue weighted by molar-refractivity contribution is 0.0956. The number of amides is 1. The number of carbonyl (C=O) groups excluding carboxylic acids is 1. The zero-order valence-electron chi connectivity index (χ0n) is 14.7. The highest BCUT2D eigenvalue weighted by Gasteiger charge is 2.16. The van der Waals surface area contributed by atoms with Gasteiger partial charge in [-0.3, -0.25) is 9.48 Å². The molecule has 0 aliphatic heterocycles. The Balaban J connectivity index is 1.64. The Hall–Kier alpha value is -2.47. The second-order valence-electron chi connectivity index (χ2n) is 6.13. The zero-order chi connectivity index (χ0) is 17.8. The summed E-state index contributed by atoms with van der Waals surface area (Å²) in [6, 6.07) is 8.19. The van der Waals surface area contributed by atoms with Crippen molar-refractivity contribution in [1.29, 1.82) is 0 Å². The summed E-state index contributed by atoms with van der Waals surface area (Å²) >= 11 is 1.46. The van der Waals surface area contributed by atoms with Crippen LogP contribution in [0.3, 0.4) is 0 Å². The van der Waals surface area contributed by atoms with Crippen LogP contribution in [0.2, 0.25) is 0 Å². The van der Waals surface area contributed by atoms with Crippen molar-refractivity contribution in [3.8, 4) is 10.6 Å². The Morgan fingerprint density at radius 2 is 2.12 bits per heavy atom. The lowest BCUT2D eigenvalue weighted by Crippen LogP contribution is -2.25. The molecule has 0 saturated carbocycles. The number of nitrogens with one attached hydrogen (secondary N) is 1. The summed E-state index contributed by atoms with van der Waals surface area (Å²) in [5, 5.41) is 8.03. The molecule has 6 heteroatoms. The number of carbonyl (C=O) groups is 1. The van der Waals surface area contributed by atoms with Crippen LogP contribution in [-0.4, -0.2) is 27.2 Å². The molecule has 0 radical (unpaired) electrons. The zero-order valence-corrected chi connectivity index (χ0v) is 15.6. The number of rotatable bonds is 6. The molecule has 0 spiro atoms. The number of benzene rings is 1. The van der Waals surface area contributed by atoms with Gasteiger partial charge in [0.15, 0.2) is 0 Å². The van der Waals surface area contributed by atoms with E-state index in [9.17, 15) is 4.79 Å². The Kier molecular flexibility index (Phi) is 5.28. The largest absolute Gasteiger partial charge is 0.351 e. The fourth-order valence-corrected chi connectivity index (χ4v) is 3.80. The molecule has 0 bridgehead atoms. The summed E-state index contributed by atoms with van der Waals surface area (Å²) in [6.07, 6.45) is 4.52. The van der Waals surface area contributed by atoms with Gasteiger partial charge >= 0.3 is 0 Å². The number of aryl methyl sites for hydroxylation is 4. The quantitative estimate of drug-likeness (QED) is 0.686. The minimum absolute atomic E-state index is 0.0496. The van der Waals surface area contributed by atoms with Crippen LogP contribution in [0.25, 0.3) is 10.6 Å². The van der Waals surface area contributed by atoms with E-state index in [4.69, 9.17) is 0 Å². The van der Waals surface area contributed by atoms with Crippen LogP contribution in [0.5, 0.6) is 0 Å². The average molecular weight is 354 g/mol. The van der Waals surface area contributed by atoms with Gasteiger partial charge in [-0.25, -0.2) is 4.98 Å². The van der Waals surface area contributed by atoms with Crippen molar-refractivity contribution in [2.45, 2.75) is 33.7 Å². The van der Waals surface area contributed by atoms with E-state index in [-0.39, 0.29) is 5.91 Å². The van der Waals surface area contributed by atoms with E-state index in [0.717, 1.165) is 29.2 Å². The number of nitrogens with zero attached hydrogens (tertiary/aromatic N) is 3. The molecule has 5 nitrogen and oxygen atoms in total. The molecule has 3 aromatic rings. The number of aromatic nitrogens is 3. The molecular weight excluding hydrogens is 332 g/mol. The molecule has 0 aliphatic carbocycles.